The molecule has 6 heteroatoms. The van der Waals surface area contributed by atoms with Crippen molar-refractivity contribution in [1.82, 2.24) is 10.6 Å². The molecule has 0 saturated heterocycles. The molecule has 2 atom stereocenters. The maximum atomic E-state index is 11.7. The van der Waals surface area contributed by atoms with Gasteiger partial charge in [0.05, 0.1) is 0 Å². The lowest BCUT2D eigenvalue weighted by Gasteiger charge is -2.17. The molecule has 2 unspecified atom stereocenters. The topological polar surface area (TPSA) is 78.4 Å². The second-order valence-electron chi connectivity index (χ2n) is 4.22. The highest BCUT2D eigenvalue weighted by Crippen LogP contribution is 2.10. The summed E-state index contributed by atoms with van der Waals surface area (Å²) in [5, 5.41) is 16.0. The van der Waals surface area contributed by atoms with Gasteiger partial charge in [0.2, 0.25) is 0 Å². The number of rotatable bonds is 7. The summed E-state index contributed by atoms with van der Waals surface area (Å²) in [6.07, 6.45) is 2.39. The van der Waals surface area contributed by atoms with Gasteiger partial charge in [-0.05, 0) is 24.8 Å². The number of amides is 2. The van der Waals surface area contributed by atoms with E-state index >= 15 is 0 Å². The van der Waals surface area contributed by atoms with Gasteiger partial charge in [-0.1, -0.05) is 12.1 Å². The molecule has 0 aromatic carbocycles. The number of urea groups is 1. The highest BCUT2D eigenvalue weighted by Gasteiger charge is 2.19. The highest BCUT2D eigenvalue weighted by atomic mass is 32.1. The highest BCUT2D eigenvalue weighted by molar-refractivity contribution is 7.09. The molecule has 0 aliphatic carbocycles. The van der Waals surface area contributed by atoms with Crippen LogP contribution in [-0.4, -0.2) is 29.2 Å². The third kappa shape index (κ3) is 5.56. The Morgan fingerprint density at radius 3 is 2.79 bits per heavy atom. The Bertz CT molecular complexity index is 431. The van der Waals surface area contributed by atoms with E-state index in [1.807, 2.05) is 24.4 Å². The number of nitrogens with one attached hydrogen (secondary N) is 2. The van der Waals surface area contributed by atoms with Gasteiger partial charge in [0.1, 0.15) is 6.04 Å². The average Bonchev–Trinajstić information content (AvgIpc) is 2.80. The van der Waals surface area contributed by atoms with Crippen molar-refractivity contribution in [3.8, 4) is 0 Å². The monoisotopic (exact) mass is 282 g/mol. The average molecular weight is 282 g/mol. The quantitative estimate of drug-likeness (QED) is 0.669. The number of carbonyl (C=O) groups excluding carboxylic acids is 1. The largest absolute Gasteiger partial charge is 0.480 e. The van der Waals surface area contributed by atoms with E-state index in [1.165, 1.54) is 11.0 Å². The summed E-state index contributed by atoms with van der Waals surface area (Å²) >= 11 is 1.63. The van der Waals surface area contributed by atoms with Crippen molar-refractivity contribution in [3.63, 3.8) is 0 Å². The predicted octanol–water partition coefficient (Wildman–Crippen LogP) is 2.01. The SMILES string of the molecule is C=CCC(NC(=O)NC(C)Cc1cccs1)C(=O)O. The number of hydrogen-bond donors (Lipinski definition) is 3. The lowest BCUT2D eigenvalue weighted by atomic mass is 10.2. The van der Waals surface area contributed by atoms with Crippen LogP contribution in [0.25, 0.3) is 0 Å². The number of aliphatic carboxylic acids is 1. The fourth-order valence-electron chi connectivity index (χ4n) is 1.59. The van der Waals surface area contributed by atoms with E-state index in [4.69, 9.17) is 5.11 Å². The summed E-state index contributed by atoms with van der Waals surface area (Å²) in [7, 11) is 0. The fourth-order valence-corrected chi connectivity index (χ4v) is 2.43. The molecule has 1 aromatic rings. The smallest absolute Gasteiger partial charge is 0.326 e. The Labute approximate surface area is 116 Å². The summed E-state index contributed by atoms with van der Waals surface area (Å²) in [6.45, 7) is 5.34. The van der Waals surface area contributed by atoms with Crippen LogP contribution in [0.3, 0.4) is 0 Å². The van der Waals surface area contributed by atoms with Crippen molar-refractivity contribution < 1.29 is 14.7 Å². The number of hydrogen-bond acceptors (Lipinski definition) is 3. The first-order valence-corrected chi connectivity index (χ1v) is 6.84. The molecule has 104 valence electrons. The lowest BCUT2D eigenvalue weighted by molar-refractivity contribution is -0.139. The molecule has 0 radical (unpaired) electrons. The van der Waals surface area contributed by atoms with E-state index in [9.17, 15) is 9.59 Å². The van der Waals surface area contributed by atoms with Gasteiger partial charge >= 0.3 is 12.0 Å². The molecule has 1 heterocycles. The molecule has 19 heavy (non-hydrogen) atoms. The van der Waals surface area contributed by atoms with Crippen LogP contribution in [0.4, 0.5) is 4.79 Å². The number of carbonyl (C=O) groups is 2. The Morgan fingerprint density at radius 1 is 1.53 bits per heavy atom. The molecule has 0 spiro atoms. The Balaban J connectivity index is 2.40. The molecule has 0 aliphatic rings. The van der Waals surface area contributed by atoms with Gasteiger partial charge in [-0.3, -0.25) is 0 Å². The normalized spacial score (nSPS) is 13.3. The van der Waals surface area contributed by atoms with E-state index in [0.29, 0.717) is 0 Å². The minimum atomic E-state index is -1.07. The van der Waals surface area contributed by atoms with Crippen molar-refractivity contribution >= 4 is 23.3 Å². The molecule has 0 saturated carbocycles. The van der Waals surface area contributed by atoms with Crippen molar-refractivity contribution in [3.05, 3.63) is 35.0 Å². The molecule has 0 bridgehead atoms. The van der Waals surface area contributed by atoms with Gasteiger partial charge in [0.15, 0.2) is 0 Å². The minimum absolute atomic E-state index is 0.0585. The maximum absolute atomic E-state index is 11.7. The van der Waals surface area contributed by atoms with Crippen LogP contribution in [0.5, 0.6) is 0 Å². The van der Waals surface area contributed by atoms with Crippen molar-refractivity contribution in [1.29, 1.82) is 0 Å². The fraction of sp³-hybridized carbons (Fsp3) is 0.385. The van der Waals surface area contributed by atoms with Crippen LogP contribution in [0, 0.1) is 0 Å². The van der Waals surface area contributed by atoms with E-state index < -0.39 is 18.0 Å². The molecule has 0 aliphatic heterocycles. The van der Waals surface area contributed by atoms with Gasteiger partial charge in [0, 0.05) is 17.3 Å². The second kappa shape index (κ2) is 7.58. The van der Waals surface area contributed by atoms with Gasteiger partial charge in [0.25, 0.3) is 0 Å². The zero-order valence-corrected chi connectivity index (χ0v) is 11.6. The molecule has 3 N–H and O–H groups in total. The van der Waals surface area contributed by atoms with E-state index in [1.54, 1.807) is 11.3 Å². The molecule has 1 rings (SSSR count). The summed E-state index contributed by atoms with van der Waals surface area (Å²) in [5.41, 5.74) is 0. The molecule has 0 fully saturated rings. The van der Waals surface area contributed by atoms with Crippen LogP contribution >= 0.6 is 11.3 Å². The van der Waals surface area contributed by atoms with Gasteiger partial charge in [-0.25, -0.2) is 9.59 Å². The van der Waals surface area contributed by atoms with Gasteiger partial charge < -0.3 is 15.7 Å². The standard InChI is InChI=1S/C13H18N2O3S/c1-3-5-11(12(16)17)15-13(18)14-9(2)8-10-6-4-7-19-10/h3-4,6-7,9,11H,1,5,8H2,2H3,(H,16,17)(H2,14,15,18). The first-order chi connectivity index (χ1) is 9.02. The Morgan fingerprint density at radius 2 is 2.26 bits per heavy atom. The maximum Gasteiger partial charge on any atom is 0.326 e. The molecular weight excluding hydrogens is 264 g/mol. The molecular formula is C13H18N2O3S. The molecule has 1 aromatic heterocycles. The third-order valence-electron chi connectivity index (χ3n) is 2.47. The van der Waals surface area contributed by atoms with Crippen LogP contribution < -0.4 is 10.6 Å². The molecule has 2 amide bonds. The number of carboxylic acids is 1. The van der Waals surface area contributed by atoms with Gasteiger partial charge in [-0.15, -0.1) is 17.9 Å². The second-order valence-corrected chi connectivity index (χ2v) is 5.25. The third-order valence-corrected chi connectivity index (χ3v) is 3.37. The summed E-state index contributed by atoms with van der Waals surface area (Å²) in [5.74, 6) is -1.07. The Hall–Kier alpha value is -1.82. The first-order valence-electron chi connectivity index (χ1n) is 5.96. The van der Waals surface area contributed by atoms with Crippen LogP contribution in [0.15, 0.2) is 30.2 Å². The number of thiophene rings is 1. The zero-order valence-electron chi connectivity index (χ0n) is 10.8. The van der Waals surface area contributed by atoms with Crippen molar-refractivity contribution in [2.24, 2.45) is 0 Å². The molecule has 5 nitrogen and oxygen atoms in total. The minimum Gasteiger partial charge on any atom is -0.480 e. The van der Waals surface area contributed by atoms with E-state index in [0.717, 1.165) is 6.42 Å². The zero-order chi connectivity index (χ0) is 14.3. The predicted molar refractivity (Wildman–Crippen MR) is 75.4 cm³/mol. The van der Waals surface area contributed by atoms with E-state index in [2.05, 4.69) is 17.2 Å². The van der Waals surface area contributed by atoms with Crippen molar-refractivity contribution in [2.75, 3.05) is 0 Å². The van der Waals surface area contributed by atoms with Crippen molar-refractivity contribution in [2.45, 2.75) is 31.8 Å². The van der Waals surface area contributed by atoms with Gasteiger partial charge in [-0.2, -0.15) is 0 Å². The number of carboxylic acid groups (broad SMARTS) is 1. The van der Waals surface area contributed by atoms with E-state index in [-0.39, 0.29) is 12.5 Å². The first kappa shape index (κ1) is 15.2. The van der Waals surface area contributed by atoms with Crippen LogP contribution in [0.1, 0.15) is 18.2 Å². The van der Waals surface area contributed by atoms with Crippen LogP contribution in [0.2, 0.25) is 0 Å². The Kier molecular flexibility index (Phi) is 6.08. The van der Waals surface area contributed by atoms with Crippen LogP contribution in [-0.2, 0) is 11.2 Å². The summed E-state index contributed by atoms with van der Waals surface area (Å²) in [4.78, 5) is 23.7. The summed E-state index contributed by atoms with van der Waals surface area (Å²) < 4.78 is 0. The lowest BCUT2D eigenvalue weighted by Crippen LogP contribution is -2.48. The summed E-state index contributed by atoms with van der Waals surface area (Å²) in [6, 6.07) is 2.48.